The Balaban J connectivity index is 1.92. The molecule has 0 saturated heterocycles. The van der Waals surface area contributed by atoms with Crippen molar-refractivity contribution in [1.29, 1.82) is 0 Å². The zero-order valence-corrected chi connectivity index (χ0v) is 17.4. The predicted molar refractivity (Wildman–Crippen MR) is 117 cm³/mol. The monoisotopic (exact) mass is 406 g/mol. The average Bonchev–Trinajstić information content (AvgIpc) is 3.00. The summed E-state index contributed by atoms with van der Waals surface area (Å²) in [5, 5.41) is 0.532. The first-order chi connectivity index (χ1) is 13.8. The van der Waals surface area contributed by atoms with E-state index < -0.39 is 5.91 Å². The Labute approximate surface area is 175 Å². The number of rotatable bonds is 3. The molecule has 2 aromatic carbocycles. The molecule has 1 aliphatic carbocycles. The van der Waals surface area contributed by atoms with Crippen LogP contribution in [0.25, 0.3) is 16.7 Å². The van der Waals surface area contributed by atoms with E-state index in [-0.39, 0.29) is 5.91 Å². The molecule has 0 spiro atoms. The van der Waals surface area contributed by atoms with Crippen LogP contribution in [0.15, 0.2) is 42.5 Å². The average molecular weight is 407 g/mol. The zero-order valence-electron chi connectivity index (χ0n) is 16.6. The summed E-state index contributed by atoms with van der Waals surface area (Å²) in [6.07, 6.45) is 2.81. The molecular formula is C24H23ClN2O2. The smallest absolute Gasteiger partial charge is 0.249 e. The van der Waals surface area contributed by atoms with Crippen LogP contribution in [0.2, 0.25) is 5.02 Å². The van der Waals surface area contributed by atoms with Crippen LogP contribution in [0.4, 0.5) is 0 Å². The Kier molecular flexibility index (Phi) is 4.83. The van der Waals surface area contributed by atoms with Gasteiger partial charge in [-0.2, -0.15) is 0 Å². The quantitative estimate of drug-likeness (QED) is 0.761. The van der Waals surface area contributed by atoms with Crippen molar-refractivity contribution in [2.24, 2.45) is 5.73 Å². The Hall–Kier alpha value is -2.85. The second-order valence-corrected chi connectivity index (χ2v) is 8.15. The summed E-state index contributed by atoms with van der Waals surface area (Å²) in [5.74, 6) is -0.508. The lowest BCUT2D eigenvalue weighted by molar-refractivity contribution is -0.126. The largest absolute Gasteiger partial charge is 0.366 e. The van der Waals surface area contributed by atoms with Crippen LogP contribution in [0, 0.1) is 0 Å². The number of nitrogens with zero attached hydrogens (tertiary/aromatic N) is 1. The molecule has 5 heteroatoms. The predicted octanol–water partition coefficient (Wildman–Crippen LogP) is 4.53. The number of primary amides is 1. The molecule has 2 aliphatic rings. The molecule has 0 bridgehead atoms. The molecule has 1 heterocycles. The minimum Gasteiger partial charge on any atom is -0.366 e. The maximum atomic E-state index is 12.1. The number of nitrogens with two attached hydrogens (primary N) is 1. The highest BCUT2D eigenvalue weighted by Gasteiger charge is 2.29. The van der Waals surface area contributed by atoms with Gasteiger partial charge in [0.25, 0.3) is 0 Å². The highest BCUT2D eigenvalue weighted by molar-refractivity contribution is 6.34. The van der Waals surface area contributed by atoms with Crippen LogP contribution in [-0.4, -0.2) is 23.3 Å². The van der Waals surface area contributed by atoms with Crippen molar-refractivity contribution in [2.75, 3.05) is 6.54 Å². The van der Waals surface area contributed by atoms with Crippen LogP contribution in [0.1, 0.15) is 46.5 Å². The Morgan fingerprint density at radius 2 is 1.97 bits per heavy atom. The fourth-order valence-electron chi connectivity index (χ4n) is 4.54. The molecule has 4 nitrogen and oxygen atoms in total. The van der Waals surface area contributed by atoms with Gasteiger partial charge in [-0.1, -0.05) is 42.0 Å². The summed E-state index contributed by atoms with van der Waals surface area (Å²) in [4.78, 5) is 25.9. The Bertz CT molecular complexity index is 1110. The van der Waals surface area contributed by atoms with Crippen LogP contribution in [0.3, 0.4) is 0 Å². The SMILES string of the molecule is C=CC(=O)N1CCc2c(cccc2-c2c(Cl)cc(C(N)=O)c3c2C(C)=C(C)C3)C1. The zero-order chi connectivity index (χ0) is 20.9. The van der Waals surface area contributed by atoms with E-state index in [1.165, 1.54) is 17.2 Å². The molecule has 0 saturated carbocycles. The van der Waals surface area contributed by atoms with E-state index >= 15 is 0 Å². The van der Waals surface area contributed by atoms with E-state index in [1.54, 1.807) is 11.0 Å². The third-order valence-electron chi connectivity index (χ3n) is 6.13. The van der Waals surface area contributed by atoms with E-state index in [4.69, 9.17) is 17.3 Å². The Morgan fingerprint density at radius 3 is 2.66 bits per heavy atom. The minimum atomic E-state index is -0.453. The Morgan fingerprint density at radius 1 is 1.21 bits per heavy atom. The van der Waals surface area contributed by atoms with Gasteiger partial charge in [0, 0.05) is 29.2 Å². The van der Waals surface area contributed by atoms with Gasteiger partial charge in [-0.3, -0.25) is 9.59 Å². The number of halogens is 1. The van der Waals surface area contributed by atoms with Crippen molar-refractivity contribution < 1.29 is 9.59 Å². The van der Waals surface area contributed by atoms with Gasteiger partial charge >= 0.3 is 0 Å². The van der Waals surface area contributed by atoms with Crippen LogP contribution < -0.4 is 5.73 Å². The molecule has 2 aromatic rings. The van der Waals surface area contributed by atoms with Crippen LogP contribution in [0.5, 0.6) is 0 Å². The second kappa shape index (κ2) is 7.20. The molecule has 2 amide bonds. The second-order valence-electron chi connectivity index (χ2n) is 7.74. The van der Waals surface area contributed by atoms with Gasteiger partial charge in [0.15, 0.2) is 0 Å². The third-order valence-corrected chi connectivity index (χ3v) is 6.43. The van der Waals surface area contributed by atoms with Gasteiger partial charge in [-0.25, -0.2) is 0 Å². The molecule has 4 rings (SSSR count). The number of benzene rings is 2. The number of allylic oxidation sites excluding steroid dienone is 2. The molecule has 1 aliphatic heterocycles. The number of hydrogen-bond acceptors (Lipinski definition) is 2. The van der Waals surface area contributed by atoms with Gasteiger partial charge in [0.1, 0.15) is 0 Å². The normalized spacial score (nSPS) is 15.2. The fraction of sp³-hybridized carbons (Fsp3) is 0.250. The van der Waals surface area contributed by atoms with Gasteiger partial charge in [-0.05, 0) is 72.2 Å². The molecule has 29 heavy (non-hydrogen) atoms. The lowest BCUT2D eigenvalue weighted by Gasteiger charge is -2.30. The van der Waals surface area contributed by atoms with Gasteiger partial charge in [0.2, 0.25) is 11.8 Å². The van der Waals surface area contributed by atoms with E-state index in [9.17, 15) is 9.59 Å². The molecule has 0 unspecified atom stereocenters. The molecule has 2 N–H and O–H groups in total. The summed E-state index contributed by atoms with van der Waals surface area (Å²) in [6, 6.07) is 7.85. The summed E-state index contributed by atoms with van der Waals surface area (Å²) in [7, 11) is 0. The number of carbonyl (C=O) groups excluding carboxylic acids is 2. The maximum absolute atomic E-state index is 12.1. The first kappa shape index (κ1) is 19.5. The topological polar surface area (TPSA) is 63.4 Å². The summed E-state index contributed by atoms with van der Waals surface area (Å²) in [5.41, 5.74) is 14.8. The van der Waals surface area contributed by atoms with E-state index in [2.05, 4.69) is 32.6 Å². The highest BCUT2D eigenvalue weighted by Crippen LogP contribution is 2.46. The van der Waals surface area contributed by atoms with Crippen molar-refractivity contribution >= 4 is 29.0 Å². The number of fused-ring (bicyclic) bond motifs is 2. The molecule has 0 radical (unpaired) electrons. The fourth-order valence-corrected chi connectivity index (χ4v) is 4.85. The minimum absolute atomic E-state index is 0.0554. The van der Waals surface area contributed by atoms with Crippen molar-refractivity contribution in [1.82, 2.24) is 4.90 Å². The molecule has 0 atom stereocenters. The van der Waals surface area contributed by atoms with Gasteiger partial charge < -0.3 is 10.6 Å². The van der Waals surface area contributed by atoms with Crippen LogP contribution in [-0.2, 0) is 24.2 Å². The van der Waals surface area contributed by atoms with Crippen molar-refractivity contribution in [3.8, 4) is 11.1 Å². The van der Waals surface area contributed by atoms with E-state index in [1.807, 2.05) is 6.07 Å². The van der Waals surface area contributed by atoms with Crippen molar-refractivity contribution in [3.05, 3.63) is 75.3 Å². The van der Waals surface area contributed by atoms with Gasteiger partial charge in [0.05, 0.1) is 0 Å². The van der Waals surface area contributed by atoms with Crippen LogP contribution >= 0.6 is 11.6 Å². The maximum Gasteiger partial charge on any atom is 0.249 e. The van der Waals surface area contributed by atoms with E-state index in [0.717, 1.165) is 39.8 Å². The summed E-state index contributed by atoms with van der Waals surface area (Å²) >= 11 is 6.74. The number of hydrogen-bond donors (Lipinski definition) is 1. The number of amides is 2. The first-order valence-electron chi connectivity index (χ1n) is 9.67. The lowest BCUT2D eigenvalue weighted by Crippen LogP contribution is -2.34. The molecule has 0 fully saturated rings. The first-order valence-corrected chi connectivity index (χ1v) is 10.1. The molecule has 148 valence electrons. The van der Waals surface area contributed by atoms with Gasteiger partial charge in [-0.15, -0.1) is 0 Å². The molecule has 0 aromatic heterocycles. The highest BCUT2D eigenvalue weighted by atomic mass is 35.5. The van der Waals surface area contributed by atoms with E-state index in [0.29, 0.717) is 30.1 Å². The van der Waals surface area contributed by atoms with Crippen molar-refractivity contribution in [3.63, 3.8) is 0 Å². The summed E-state index contributed by atoms with van der Waals surface area (Å²) in [6.45, 7) is 8.95. The lowest BCUT2D eigenvalue weighted by atomic mass is 9.85. The summed E-state index contributed by atoms with van der Waals surface area (Å²) < 4.78 is 0. The number of carbonyl (C=O) groups is 2. The third kappa shape index (κ3) is 3.08. The van der Waals surface area contributed by atoms with Crippen molar-refractivity contribution in [2.45, 2.75) is 33.2 Å². The molecular weight excluding hydrogens is 384 g/mol. The standard InChI is InChI=1S/C24H23ClN2O2/c1-4-21(28)27-9-8-16-15(12-27)6-5-7-17(16)23-20(25)11-19(24(26)29)18-10-13(2)14(3)22(18)23/h4-7,11H,1,8-10,12H2,2-3H3,(H2,26,29).